The number of ether oxygens (including phenoxy) is 1. The number of fused-ring (bicyclic) bond motifs is 4. The van der Waals surface area contributed by atoms with Gasteiger partial charge in [-0.15, -0.1) is 11.3 Å². The molecule has 0 radical (unpaired) electrons. The molecule has 444 valence electrons. The smallest absolute Gasteiger partial charge is 0.319 e. The molecule has 0 spiro atoms. The molecule has 84 heavy (non-hydrogen) atoms. The van der Waals surface area contributed by atoms with Gasteiger partial charge in [-0.05, 0) is 98.4 Å². The number of pyridine rings is 1. The molecule has 5 aliphatic heterocycles. The van der Waals surface area contributed by atoms with Gasteiger partial charge in [-0.3, -0.25) is 24.4 Å². The fourth-order valence-electron chi connectivity index (χ4n) is 13.5. The van der Waals surface area contributed by atoms with E-state index in [0.29, 0.717) is 119 Å². The van der Waals surface area contributed by atoms with Gasteiger partial charge in [0.1, 0.15) is 47.0 Å². The van der Waals surface area contributed by atoms with Crippen LogP contribution in [-0.2, 0) is 16.0 Å². The molecule has 18 nitrogen and oxygen atoms in total. The Morgan fingerprint density at radius 3 is 2.45 bits per heavy atom. The number of aryl methyl sites for hydroxylation is 2. The van der Waals surface area contributed by atoms with Crippen LogP contribution in [0.2, 0.25) is 0 Å². The topological polar surface area (TPSA) is 202 Å². The average molecular weight is 1170 g/mol. The molecule has 7 atom stereocenters. The van der Waals surface area contributed by atoms with Crippen molar-refractivity contribution in [3.8, 4) is 33.5 Å². The predicted octanol–water partition coefficient (Wildman–Crippen LogP) is 8.59. The molecule has 12 rings (SSSR count). The van der Waals surface area contributed by atoms with E-state index in [1.807, 2.05) is 88.7 Å². The molecule has 5 fully saturated rings. The maximum absolute atomic E-state index is 17.2. The summed E-state index contributed by atoms with van der Waals surface area (Å²) < 4.78 is 46.3. The first-order chi connectivity index (χ1) is 40.5. The Morgan fingerprint density at radius 1 is 0.964 bits per heavy atom. The zero-order chi connectivity index (χ0) is 58.6. The number of anilines is 2. The van der Waals surface area contributed by atoms with Crippen LogP contribution < -0.4 is 25.2 Å². The summed E-state index contributed by atoms with van der Waals surface area (Å²) in [5.41, 5.74) is 5.10. The van der Waals surface area contributed by atoms with E-state index >= 15 is 8.78 Å². The number of β-amino-alcohol motifs (C(OH)–C–C–N with tert-alkyl or cyclic N) is 1. The number of piperidine rings is 1. The number of aliphatic hydroxyl groups excluding tert-OH is 1. The van der Waals surface area contributed by atoms with E-state index in [0.717, 1.165) is 50.9 Å². The Hall–Kier alpha value is -6.91. The second kappa shape index (κ2) is 23.9. The van der Waals surface area contributed by atoms with Crippen molar-refractivity contribution in [2.45, 2.75) is 128 Å². The van der Waals surface area contributed by atoms with Gasteiger partial charge < -0.3 is 44.8 Å². The highest BCUT2D eigenvalue weighted by Gasteiger charge is 2.45. The van der Waals surface area contributed by atoms with Crippen LogP contribution in [0.4, 0.5) is 20.4 Å². The molecule has 7 aromatic rings. The highest BCUT2D eigenvalue weighted by atomic mass is 32.1. The van der Waals surface area contributed by atoms with Crippen LogP contribution in [0.5, 0.6) is 11.8 Å². The van der Waals surface area contributed by atoms with Gasteiger partial charge in [-0.2, -0.15) is 9.97 Å². The normalized spacial score (nSPS) is 22.8. The molecule has 3 aromatic carbocycles. The molecule has 2 unspecified atom stereocenters. The lowest BCUT2D eigenvalue weighted by Crippen LogP contribution is -2.57. The number of likely N-dealkylation sites (tertiary alicyclic amines) is 2. The second-order valence-electron chi connectivity index (χ2n) is 24.3. The number of aromatic hydroxyl groups is 1. The van der Waals surface area contributed by atoms with Crippen molar-refractivity contribution in [1.29, 1.82) is 0 Å². The minimum atomic E-state index is -1.39. The van der Waals surface area contributed by atoms with Crippen LogP contribution in [0.25, 0.3) is 43.4 Å². The SMILES string of the molecule is CCc1cccc2cc(O)cc(-c3ncc4c(N5CC6CCC(C5)N6)nc(OCCN5CCC(F)(CN6CCN(c7cc([C@@H](C(=O)N8C[C@H](O)C[C@H]8C(=O)N[C@@H](C)c8ccc(-c9scnc9C)cc8)C(C)C)on7)C[C@@H]6C)CC5)nc4c3F)c12. The largest absolute Gasteiger partial charge is 0.508 e. The van der Waals surface area contributed by atoms with Crippen LogP contribution in [0.1, 0.15) is 101 Å². The first-order valence-corrected chi connectivity index (χ1v) is 30.8. The number of halogens is 2. The lowest BCUT2D eigenvalue weighted by molar-refractivity contribution is -0.141. The van der Waals surface area contributed by atoms with E-state index in [9.17, 15) is 19.8 Å². The standard InChI is InChI=1S/C63H76F2N12O6S/c1-7-40-9-8-10-43-25-46(78)26-48(54(40)43)56-55(64)57-49(29-66-56)59(76-31-44-15-16-45(32-76)69-44)71-62(70-57)82-24-23-73-19-17-63(65,18-20-73)34-75-22-21-74(30-37(75)4)52-28-51(83-72-52)53(36(2)3)61(81)77-33-47(79)27-50(77)60(80)68-38(5)41-11-13-42(14-12-41)58-39(6)67-35-84-58/h8-14,25-26,28-29,35-38,44-45,47,50,53,69,78-79H,7,15-24,27,30-34H2,1-6H3,(H,68,80)/t37-,38-,44?,45?,47+,50-,53-/m0/s1. The zero-order valence-electron chi connectivity index (χ0n) is 48.7. The summed E-state index contributed by atoms with van der Waals surface area (Å²) in [7, 11) is 0. The Kier molecular flexibility index (Phi) is 16.3. The number of nitrogens with zero attached hydrogens (tertiary/aromatic N) is 10. The molecule has 9 heterocycles. The molecule has 0 aliphatic carbocycles. The van der Waals surface area contributed by atoms with Crippen molar-refractivity contribution >= 4 is 56.5 Å². The Balaban J connectivity index is 0.652. The summed E-state index contributed by atoms with van der Waals surface area (Å²) in [6.07, 6.45) is 4.49. The van der Waals surface area contributed by atoms with Crippen LogP contribution in [-0.4, -0.2) is 170 Å². The minimum absolute atomic E-state index is 0.00145. The van der Waals surface area contributed by atoms with Gasteiger partial charge in [-0.1, -0.05) is 68.4 Å². The lowest BCUT2D eigenvalue weighted by atomic mass is 9.91. The van der Waals surface area contributed by atoms with Crippen molar-refractivity contribution in [3.63, 3.8) is 0 Å². The van der Waals surface area contributed by atoms with Crippen LogP contribution >= 0.6 is 11.3 Å². The van der Waals surface area contributed by atoms with E-state index in [1.165, 1.54) is 4.90 Å². The summed E-state index contributed by atoms with van der Waals surface area (Å²) in [5.74, 6) is -0.577. The molecule has 5 aliphatic rings. The van der Waals surface area contributed by atoms with Crippen molar-refractivity contribution in [2.75, 3.05) is 81.9 Å². The number of rotatable bonds is 17. The van der Waals surface area contributed by atoms with E-state index in [-0.39, 0.29) is 72.4 Å². The maximum Gasteiger partial charge on any atom is 0.319 e. The summed E-state index contributed by atoms with van der Waals surface area (Å²) in [5, 5.41) is 35.0. The fourth-order valence-corrected chi connectivity index (χ4v) is 14.4. The molecule has 4 aromatic heterocycles. The lowest BCUT2D eigenvalue weighted by Gasteiger charge is -2.44. The number of phenols is 1. The summed E-state index contributed by atoms with van der Waals surface area (Å²) in [4.78, 5) is 58.4. The molecule has 5 saturated heterocycles. The molecule has 4 N–H and O–H groups in total. The monoisotopic (exact) mass is 1170 g/mol. The number of carbonyl (C=O) groups excluding carboxylic acids is 2. The molecule has 2 bridgehead atoms. The number of benzene rings is 3. The molecule has 21 heteroatoms. The zero-order valence-corrected chi connectivity index (χ0v) is 49.5. The minimum Gasteiger partial charge on any atom is -0.508 e. The van der Waals surface area contributed by atoms with E-state index in [4.69, 9.17) is 24.2 Å². The number of aromatic nitrogens is 5. The number of carbonyl (C=O) groups is 2. The first kappa shape index (κ1) is 57.5. The predicted molar refractivity (Wildman–Crippen MR) is 321 cm³/mol. The number of amides is 2. The van der Waals surface area contributed by atoms with Crippen molar-refractivity contribution < 1.29 is 37.8 Å². The number of alkyl halides is 1. The van der Waals surface area contributed by atoms with E-state index < -0.39 is 29.5 Å². The van der Waals surface area contributed by atoms with Gasteiger partial charge >= 0.3 is 6.01 Å². The average Bonchev–Trinajstić information content (AvgIpc) is 2.41. The Labute approximate surface area is 492 Å². The van der Waals surface area contributed by atoms with Crippen LogP contribution in [0.3, 0.4) is 0 Å². The highest BCUT2D eigenvalue weighted by molar-refractivity contribution is 7.13. The van der Waals surface area contributed by atoms with Crippen LogP contribution in [0.15, 0.2) is 76.9 Å². The number of thiazole rings is 1. The van der Waals surface area contributed by atoms with Gasteiger partial charge in [-0.25, -0.2) is 13.8 Å². The van der Waals surface area contributed by atoms with Crippen molar-refractivity contribution in [3.05, 3.63) is 101 Å². The highest BCUT2D eigenvalue weighted by Crippen LogP contribution is 2.40. The molecular weight excluding hydrogens is 1090 g/mol. The number of hydrogen-bond donors (Lipinski definition) is 4. The maximum atomic E-state index is 17.2. The number of piperazine rings is 2. The third kappa shape index (κ3) is 11.7. The third-order valence-electron chi connectivity index (χ3n) is 18.2. The summed E-state index contributed by atoms with van der Waals surface area (Å²) in [6, 6.07) is 18.4. The number of nitrogens with one attached hydrogen (secondary N) is 2. The Morgan fingerprint density at radius 2 is 1.74 bits per heavy atom. The quantitative estimate of drug-likeness (QED) is 0.0675. The van der Waals surface area contributed by atoms with E-state index in [1.54, 1.807) is 29.7 Å². The molecular formula is C63H76F2N12O6S. The van der Waals surface area contributed by atoms with Crippen LogP contribution in [0, 0.1) is 18.7 Å². The van der Waals surface area contributed by atoms with Crippen molar-refractivity contribution in [2.24, 2.45) is 5.92 Å². The third-order valence-corrected chi connectivity index (χ3v) is 19.2. The molecule has 2 amide bonds. The fraction of sp³-hybridized carbons (Fsp3) is 0.508. The second-order valence-corrected chi connectivity index (χ2v) is 25.2. The number of aliphatic hydroxyl groups is 1. The first-order valence-electron chi connectivity index (χ1n) is 29.9. The Bertz CT molecular complexity index is 3530. The van der Waals surface area contributed by atoms with Gasteiger partial charge in [0.2, 0.25) is 11.8 Å². The van der Waals surface area contributed by atoms with Gasteiger partial charge in [0, 0.05) is 108 Å². The number of phenolic OH excluding ortho intramolecular Hbond substituents is 1. The van der Waals surface area contributed by atoms with E-state index in [2.05, 4.69) is 47.3 Å². The number of hydrogen-bond acceptors (Lipinski definition) is 17. The summed E-state index contributed by atoms with van der Waals surface area (Å²) in [6.45, 7) is 17.3. The molecule has 0 saturated carbocycles. The van der Waals surface area contributed by atoms with Crippen molar-refractivity contribution in [1.82, 2.24) is 50.4 Å². The van der Waals surface area contributed by atoms with Gasteiger partial charge in [0.05, 0.1) is 33.6 Å². The summed E-state index contributed by atoms with van der Waals surface area (Å²) >= 11 is 1.58. The van der Waals surface area contributed by atoms with Gasteiger partial charge in [0.25, 0.3) is 0 Å². The van der Waals surface area contributed by atoms with Gasteiger partial charge in [0.15, 0.2) is 17.4 Å².